The van der Waals surface area contributed by atoms with Gasteiger partial charge in [-0.15, -0.1) is 0 Å². The number of aromatic nitrogens is 2. The Morgan fingerprint density at radius 2 is 1.82 bits per heavy atom. The molecule has 33 heavy (non-hydrogen) atoms. The second-order valence-corrected chi connectivity index (χ2v) is 9.76. The molecule has 0 unspecified atom stereocenters. The SMILES string of the molecule is CCN1c2ccccc2-c2nc(SCC(=O)Nc3cc(OC)cc(OC)c3)ncc2S1(=O)=O. The van der Waals surface area contributed by atoms with Gasteiger partial charge in [0, 0.05) is 36.0 Å². The van der Waals surface area contributed by atoms with Crippen LogP contribution in [0.25, 0.3) is 11.3 Å². The normalized spacial score (nSPS) is 13.6. The number of carbonyl (C=O) groups excluding carboxylic acids is 1. The van der Waals surface area contributed by atoms with Crippen LogP contribution in [0.15, 0.2) is 58.7 Å². The number of ether oxygens (including phenoxy) is 2. The monoisotopic (exact) mass is 486 g/mol. The molecule has 4 rings (SSSR count). The minimum absolute atomic E-state index is 0.0355. The molecule has 172 valence electrons. The van der Waals surface area contributed by atoms with Crippen molar-refractivity contribution in [1.82, 2.24) is 9.97 Å². The summed E-state index contributed by atoms with van der Waals surface area (Å²) in [5.41, 5.74) is 2.15. The molecule has 9 nitrogen and oxygen atoms in total. The number of carbonyl (C=O) groups is 1. The molecule has 0 saturated carbocycles. The van der Waals surface area contributed by atoms with Crippen LogP contribution in [0.2, 0.25) is 0 Å². The molecule has 1 aliphatic heterocycles. The highest BCUT2D eigenvalue weighted by atomic mass is 32.2. The first kappa shape index (κ1) is 22.9. The van der Waals surface area contributed by atoms with Crippen molar-refractivity contribution in [1.29, 1.82) is 0 Å². The van der Waals surface area contributed by atoms with E-state index >= 15 is 0 Å². The lowest BCUT2D eigenvalue weighted by atomic mass is 10.1. The van der Waals surface area contributed by atoms with Crippen LogP contribution in [0.1, 0.15) is 6.92 Å². The quantitative estimate of drug-likeness (QED) is 0.400. The third kappa shape index (κ3) is 4.46. The number of amides is 1. The van der Waals surface area contributed by atoms with E-state index in [1.165, 1.54) is 24.7 Å². The zero-order chi connectivity index (χ0) is 23.6. The zero-order valence-corrected chi connectivity index (χ0v) is 19.9. The predicted molar refractivity (Wildman–Crippen MR) is 127 cm³/mol. The lowest BCUT2D eigenvalue weighted by molar-refractivity contribution is -0.113. The van der Waals surface area contributed by atoms with E-state index in [0.717, 1.165) is 11.8 Å². The summed E-state index contributed by atoms with van der Waals surface area (Å²) in [6.07, 6.45) is 1.31. The number of hydrogen-bond acceptors (Lipinski definition) is 8. The van der Waals surface area contributed by atoms with Crippen molar-refractivity contribution in [3.63, 3.8) is 0 Å². The number of fused-ring (bicyclic) bond motifs is 3. The standard InChI is InChI=1S/C22H22N4O5S2/c1-4-26-18-8-6-5-7-17(18)21-19(33(26,28)29)12-23-22(25-21)32-13-20(27)24-14-9-15(30-2)11-16(10-14)31-3/h5-12H,4,13H2,1-3H3,(H,24,27). The van der Waals surface area contributed by atoms with Crippen LogP contribution in [-0.2, 0) is 14.8 Å². The van der Waals surface area contributed by atoms with Crippen LogP contribution in [0.4, 0.5) is 11.4 Å². The number of benzene rings is 2. The topological polar surface area (TPSA) is 111 Å². The fraction of sp³-hybridized carbons (Fsp3) is 0.227. The van der Waals surface area contributed by atoms with Crippen molar-refractivity contribution in [3.05, 3.63) is 48.7 Å². The van der Waals surface area contributed by atoms with Crippen molar-refractivity contribution < 1.29 is 22.7 Å². The highest BCUT2D eigenvalue weighted by Gasteiger charge is 2.35. The molecule has 0 spiro atoms. The van der Waals surface area contributed by atoms with Crippen LogP contribution in [0.5, 0.6) is 11.5 Å². The highest BCUT2D eigenvalue weighted by Crippen LogP contribution is 2.41. The zero-order valence-electron chi connectivity index (χ0n) is 18.2. The number of hydrogen-bond donors (Lipinski definition) is 1. The van der Waals surface area contributed by atoms with Gasteiger partial charge in [-0.05, 0) is 13.0 Å². The van der Waals surface area contributed by atoms with Crippen LogP contribution in [0, 0.1) is 0 Å². The second-order valence-electron chi connectivity index (χ2n) is 6.99. The summed E-state index contributed by atoms with van der Waals surface area (Å²) >= 11 is 1.12. The maximum Gasteiger partial charge on any atom is 0.268 e. The number of sulfonamides is 1. The maximum atomic E-state index is 13.0. The van der Waals surface area contributed by atoms with E-state index in [-0.39, 0.29) is 16.6 Å². The first-order valence-corrected chi connectivity index (χ1v) is 12.4. The first-order chi connectivity index (χ1) is 15.9. The Labute approximate surface area is 196 Å². The van der Waals surface area contributed by atoms with Crippen molar-refractivity contribution in [2.24, 2.45) is 0 Å². The molecule has 1 N–H and O–H groups in total. The average Bonchev–Trinajstić information content (AvgIpc) is 2.82. The van der Waals surface area contributed by atoms with Crippen LogP contribution < -0.4 is 19.1 Å². The van der Waals surface area contributed by atoms with Gasteiger partial charge in [0.15, 0.2) is 5.16 Å². The molecular formula is C22H22N4O5S2. The van der Waals surface area contributed by atoms with E-state index in [1.54, 1.807) is 37.3 Å². The summed E-state index contributed by atoms with van der Waals surface area (Å²) in [5.74, 6) is 0.864. The molecule has 11 heteroatoms. The second kappa shape index (κ2) is 9.28. The third-order valence-corrected chi connectivity index (χ3v) is 7.73. The summed E-state index contributed by atoms with van der Waals surface area (Å²) in [6, 6.07) is 12.3. The van der Waals surface area contributed by atoms with E-state index in [1.807, 2.05) is 12.1 Å². The van der Waals surface area contributed by atoms with Gasteiger partial charge in [0.05, 0.1) is 37.6 Å². The molecule has 0 aliphatic carbocycles. The summed E-state index contributed by atoms with van der Waals surface area (Å²) in [6.45, 7) is 2.07. The van der Waals surface area contributed by atoms with Crippen molar-refractivity contribution >= 4 is 39.1 Å². The lowest BCUT2D eigenvalue weighted by Gasteiger charge is -2.30. The van der Waals surface area contributed by atoms with Gasteiger partial charge in [0.25, 0.3) is 10.0 Å². The van der Waals surface area contributed by atoms with Crippen LogP contribution in [-0.4, -0.2) is 50.8 Å². The minimum Gasteiger partial charge on any atom is -0.497 e. The van der Waals surface area contributed by atoms with Gasteiger partial charge in [-0.3, -0.25) is 9.10 Å². The van der Waals surface area contributed by atoms with E-state index in [0.29, 0.717) is 45.8 Å². The smallest absolute Gasteiger partial charge is 0.268 e. The van der Waals surface area contributed by atoms with Crippen molar-refractivity contribution in [3.8, 4) is 22.8 Å². The Hall–Kier alpha value is -3.31. The summed E-state index contributed by atoms with van der Waals surface area (Å²) in [5, 5.41) is 3.10. The van der Waals surface area contributed by atoms with Gasteiger partial charge in [0.1, 0.15) is 16.4 Å². The highest BCUT2D eigenvalue weighted by molar-refractivity contribution is 7.99. The number of rotatable bonds is 7. The average molecular weight is 487 g/mol. The maximum absolute atomic E-state index is 13.0. The van der Waals surface area contributed by atoms with E-state index in [4.69, 9.17) is 9.47 Å². The molecular weight excluding hydrogens is 464 g/mol. The van der Waals surface area contributed by atoms with Gasteiger partial charge in [-0.25, -0.2) is 18.4 Å². The van der Waals surface area contributed by atoms with E-state index in [9.17, 15) is 13.2 Å². The molecule has 1 amide bonds. The van der Waals surface area contributed by atoms with Gasteiger partial charge < -0.3 is 14.8 Å². The molecule has 1 aromatic heterocycles. The molecule has 1 aliphatic rings. The number of nitrogens with one attached hydrogen (secondary N) is 1. The Morgan fingerprint density at radius 1 is 1.12 bits per heavy atom. The fourth-order valence-corrected chi connectivity index (χ4v) is 5.69. The van der Waals surface area contributed by atoms with Gasteiger partial charge >= 0.3 is 0 Å². The number of thioether (sulfide) groups is 1. The molecule has 0 fully saturated rings. The van der Waals surface area contributed by atoms with Crippen molar-refractivity contribution in [2.75, 3.05) is 36.1 Å². The largest absolute Gasteiger partial charge is 0.497 e. The molecule has 2 aromatic carbocycles. The van der Waals surface area contributed by atoms with Crippen molar-refractivity contribution in [2.45, 2.75) is 17.0 Å². The lowest BCUT2D eigenvalue weighted by Crippen LogP contribution is -2.34. The number of para-hydroxylation sites is 1. The Balaban J connectivity index is 1.55. The fourth-order valence-electron chi connectivity index (χ4n) is 3.49. The summed E-state index contributed by atoms with van der Waals surface area (Å²) < 4.78 is 37.8. The van der Waals surface area contributed by atoms with Gasteiger partial charge in [-0.1, -0.05) is 30.0 Å². The van der Waals surface area contributed by atoms with E-state index < -0.39 is 10.0 Å². The van der Waals surface area contributed by atoms with Crippen LogP contribution >= 0.6 is 11.8 Å². The molecule has 0 atom stereocenters. The summed E-state index contributed by atoms with van der Waals surface area (Å²) in [4.78, 5) is 21.2. The summed E-state index contributed by atoms with van der Waals surface area (Å²) in [7, 11) is -0.693. The molecule has 0 radical (unpaired) electrons. The number of nitrogens with zero attached hydrogens (tertiary/aromatic N) is 3. The minimum atomic E-state index is -3.75. The third-order valence-electron chi connectivity index (χ3n) is 4.98. The number of methoxy groups -OCH3 is 2. The molecule has 3 aromatic rings. The number of anilines is 2. The Kier molecular flexibility index (Phi) is 6.43. The molecule has 0 bridgehead atoms. The van der Waals surface area contributed by atoms with E-state index in [2.05, 4.69) is 15.3 Å². The Bertz CT molecular complexity index is 1290. The van der Waals surface area contributed by atoms with Crippen LogP contribution in [0.3, 0.4) is 0 Å². The Morgan fingerprint density at radius 3 is 2.48 bits per heavy atom. The first-order valence-electron chi connectivity index (χ1n) is 10.0. The molecule has 2 heterocycles. The van der Waals surface area contributed by atoms with Gasteiger partial charge in [0.2, 0.25) is 5.91 Å². The van der Waals surface area contributed by atoms with Gasteiger partial charge in [-0.2, -0.15) is 0 Å². The molecule has 0 saturated heterocycles. The predicted octanol–water partition coefficient (Wildman–Crippen LogP) is 3.42.